The summed E-state index contributed by atoms with van der Waals surface area (Å²) in [7, 11) is 0. The molecule has 1 N–H and O–H groups in total. The zero-order valence-electron chi connectivity index (χ0n) is 8.32. The Balaban J connectivity index is 3.18. The topological polar surface area (TPSA) is 37.3 Å². The first kappa shape index (κ1) is 10.2. The van der Waals surface area contributed by atoms with Crippen LogP contribution in [0.3, 0.4) is 0 Å². The third kappa shape index (κ3) is 1.35. The van der Waals surface area contributed by atoms with Crippen LogP contribution in [0.5, 0.6) is 0 Å². The Morgan fingerprint density at radius 3 is 2.15 bits per heavy atom. The van der Waals surface area contributed by atoms with Gasteiger partial charge in [0.2, 0.25) is 0 Å². The van der Waals surface area contributed by atoms with Crippen molar-refractivity contribution in [1.29, 1.82) is 0 Å². The zero-order valence-corrected chi connectivity index (χ0v) is 8.32. The van der Waals surface area contributed by atoms with E-state index in [0.717, 1.165) is 6.29 Å². The maximum Gasteiger partial charge on any atom is 0.133 e. The summed E-state index contributed by atoms with van der Waals surface area (Å²) in [4.78, 5) is 11.1. The van der Waals surface area contributed by atoms with E-state index < -0.39 is 11.0 Å². The van der Waals surface area contributed by atoms with Crippen molar-refractivity contribution in [3.63, 3.8) is 0 Å². The van der Waals surface area contributed by atoms with Gasteiger partial charge in [0.25, 0.3) is 0 Å². The zero-order chi connectivity index (χ0) is 10.1. The molecule has 0 radical (unpaired) electrons. The molecule has 2 atom stereocenters. The fourth-order valence-electron chi connectivity index (χ4n) is 1.84. The van der Waals surface area contributed by atoms with Crippen LogP contribution in [0.1, 0.15) is 20.8 Å². The Kier molecular flexibility index (Phi) is 2.44. The van der Waals surface area contributed by atoms with Gasteiger partial charge in [-0.15, -0.1) is 0 Å². The Bertz CT molecular complexity index is 261. The van der Waals surface area contributed by atoms with E-state index in [2.05, 4.69) is 0 Å². The first-order valence-corrected chi connectivity index (χ1v) is 4.52. The smallest absolute Gasteiger partial charge is 0.133 e. The van der Waals surface area contributed by atoms with E-state index in [1.807, 2.05) is 19.9 Å². The van der Waals surface area contributed by atoms with Gasteiger partial charge in [-0.1, -0.05) is 38.2 Å². The van der Waals surface area contributed by atoms with Gasteiger partial charge in [-0.25, -0.2) is 0 Å². The summed E-state index contributed by atoms with van der Waals surface area (Å²) in [6.45, 7) is 5.54. The predicted octanol–water partition coefficient (Wildman–Crippen LogP) is 1.70. The van der Waals surface area contributed by atoms with E-state index in [9.17, 15) is 9.90 Å². The van der Waals surface area contributed by atoms with Crippen molar-refractivity contribution in [3.8, 4) is 0 Å². The van der Waals surface area contributed by atoms with Crippen LogP contribution < -0.4 is 0 Å². The minimum Gasteiger partial charge on any atom is -0.385 e. The number of hydrogen-bond acceptors (Lipinski definition) is 2. The molecule has 0 aromatic heterocycles. The van der Waals surface area contributed by atoms with Crippen molar-refractivity contribution >= 4 is 6.29 Å². The average Bonchev–Trinajstić information content (AvgIpc) is 2.03. The molecule has 0 fully saturated rings. The van der Waals surface area contributed by atoms with E-state index in [-0.39, 0.29) is 5.92 Å². The summed E-state index contributed by atoms with van der Waals surface area (Å²) in [5, 5.41) is 10.1. The second kappa shape index (κ2) is 3.11. The van der Waals surface area contributed by atoms with Crippen molar-refractivity contribution in [1.82, 2.24) is 0 Å². The van der Waals surface area contributed by atoms with Crippen molar-refractivity contribution in [2.75, 3.05) is 0 Å². The van der Waals surface area contributed by atoms with E-state index in [1.165, 1.54) is 0 Å². The molecular formula is C11H16O2. The highest BCUT2D eigenvalue weighted by Gasteiger charge is 2.46. The van der Waals surface area contributed by atoms with Crippen molar-refractivity contribution in [3.05, 3.63) is 24.3 Å². The van der Waals surface area contributed by atoms with Gasteiger partial charge in [0, 0.05) is 0 Å². The van der Waals surface area contributed by atoms with E-state index in [4.69, 9.17) is 0 Å². The van der Waals surface area contributed by atoms with Crippen LogP contribution in [0.25, 0.3) is 0 Å². The molecule has 2 heteroatoms. The van der Waals surface area contributed by atoms with E-state index >= 15 is 0 Å². The normalized spacial score (nSPS) is 38.2. The van der Waals surface area contributed by atoms with Crippen molar-refractivity contribution < 1.29 is 9.90 Å². The fraction of sp³-hybridized carbons (Fsp3) is 0.545. The second-order valence-corrected chi connectivity index (χ2v) is 4.07. The van der Waals surface area contributed by atoms with Crippen molar-refractivity contribution in [2.45, 2.75) is 26.4 Å². The van der Waals surface area contributed by atoms with Crippen LogP contribution in [-0.2, 0) is 4.79 Å². The molecule has 0 bridgehead atoms. The van der Waals surface area contributed by atoms with Crippen LogP contribution >= 0.6 is 0 Å². The minimum absolute atomic E-state index is 0.0844. The number of aliphatic hydroxyl groups is 1. The number of rotatable bonds is 2. The maximum atomic E-state index is 11.1. The molecule has 0 saturated heterocycles. The maximum absolute atomic E-state index is 11.1. The average molecular weight is 180 g/mol. The molecule has 2 unspecified atom stereocenters. The molecule has 1 aliphatic rings. The van der Waals surface area contributed by atoms with Crippen LogP contribution in [0, 0.1) is 11.3 Å². The molecule has 0 spiro atoms. The first-order chi connectivity index (χ1) is 5.96. The van der Waals surface area contributed by atoms with E-state index in [0.29, 0.717) is 0 Å². The molecule has 1 rings (SSSR count). The summed E-state index contributed by atoms with van der Waals surface area (Å²) in [6, 6.07) is 0. The second-order valence-electron chi connectivity index (χ2n) is 4.07. The molecule has 0 aromatic rings. The molecule has 2 nitrogen and oxygen atoms in total. The fourth-order valence-corrected chi connectivity index (χ4v) is 1.84. The van der Waals surface area contributed by atoms with Gasteiger partial charge in [-0.3, -0.25) is 0 Å². The molecule has 0 amide bonds. The number of carbonyl (C=O) groups excluding carboxylic acids is 1. The highest BCUT2D eigenvalue weighted by atomic mass is 16.3. The van der Waals surface area contributed by atoms with Gasteiger partial charge in [-0.05, 0) is 12.8 Å². The molecule has 0 aromatic carbocycles. The lowest BCUT2D eigenvalue weighted by Crippen LogP contribution is -2.49. The predicted molar refractivity (Wildman–Crippen MR) is 52.2 cm³/mol. The summed E-state index contributed by atoms with van der Waals surface area (Å²) in [5.41, 5.74) is -1.85. The highest BCUT2D eigenvalue weighted by molar-refractivity contribution is 5.67. The third-order valence-electron chi connectivity index (χ3n) is 2.93. The Labute approximate surface area is 79.0 Å². The van der Waals surface area contributed by atoms with Crippen molar-refractivity contribution in [2.24, 2.45) is 11.3 Å². The molecule has 72 valence electrons. The number of allylic oxidation sites excluding steroid dienone is 2. The third-order valence-corrected chi connectivity index (χ3v) is 2.93. The molecule has 0 saturated carbocycles. The Hall–Kier alpha value is -0.890. The quantitative estimate of drug-likeness (QED) is 0.657. The number of carbonyl (C=O) groups is 1. The lowest BCUT2D eigenvalue weighted by Gasteiger charge is -2.42. The van der Waals surface area contributed by atoms with Gasteiger partial charge < -0.3 is 9.90 Å². The molecule has 0 aliphatic heterocycles. The van der Waals surface area contributed by atoms with Gasteiger partial charge in [0.1, 0.15) is 6.29 Å². The van der Waals surface area contributed by atoms with Crippen LogP contribution in [0.4, 0.5) is 0 Å². The molecule has 0 heterocycles. The number of hydrogen-bond donors (Lipinski definition) is 1. The summed E-state index contributed by atoms with van der Waals surface area (Å²) >= 11 is 0. The lowest BCUT2D eigenvalue weighted by atomic mass is 9.64. The van der Waals surface area contributed by atoms with Crippen LogP contribution in [0.2, 0.25) is 0 Å². The van der Waals surface area contributed by atoms with Gasteiger partial charge >= 0.3 is 0 Å². The van der Waals surface area contributed by atoms with Gasteiger partial charge in [0.05, 0.1) is 11.0 Å². The lowest BCUT2D eigenvalue weighted by molar-refractivity contribution is -0.126. The van der Waals surface area contributed by atoms with Crippen LogP contribution in [0.15, 0.2) is 24.3 Å². The van der Waals surface area contributed by atoms with E-state index in [1.54, 1.807) is 25.2 Å². The Morgan fingerprint density at radius 1 is 1.31 bits per heavy atom. The summed E-state index contributed by atoms with van der Waals surface area (Å²) < 4.78 is 0. The Morgan fingerprint density at radius 2 is 1.85 bits per heavy atom. The largest absolute Gasteiger partial charge is 0.385 e. The molecular weight excluding hydrogens is 164 g/mol. The van der Waals surface area contributed by atoms with Crippen LogP contribution in [-0.4, -0.2) is 17.0 Å². The SMILES string of the molecule is CC(C)C1(C=O)C=CC=CC1(C)O. The number of aldehydes is 1. The monoisotopic (exact) mass is 180 g/mol. The molecule has 13 heavy (non-hydrogen) atoms. The molecule has 1 aliphatic carbocycles. The summed E-state index contributed by atoms with van der Waals surface area (Å²) in [6.07, 6.45) is 7.88. The van der Waals surface area contributed by atoms with Gasteiger partial charge in [0.15, 0.2) is 0 Å². The highest BCUT2D eigenvalue weighted by Crippen LogP contribution is 2.41. The minimum atomic E-state index is -1.07. The standard InChI is InChI=1S/C11H16O2/c1-9(2)11(8-12)7-5-4-6-10(11,3)13/h4-9,13H,1-3H3. The summed E-state index contributed by atoms with van der Waals surface area (Å²) in [5.74, 6) is 0.0844. The van der Waals surface area contributed by atoms with Gasteiger partial charge in [-0.2, -0.15) is 0 Å². The first-order valence-electron chi connectivity index (χ1n) is 4.52.